The van der Waals surface area contributed by atoms with Crippen molar-refractivity contribution in [2.24, 2.45) is 0 Å². The van der Waals surface area contributed by atoms with Crippen molar-refractivity contribution < 1.29 is 19.4 Å². The standard InChI is InChI=1S/C23H16BrClN2O4/c1-31-18-10-13(7-8-17(18)25)21(28)19-20(14-4-3-9-26-12-14)27(23(30)22(19)29)16-6-2-5-15(24)11-16/h2-12,20,28H,1H3/b21-19+. The van der Waals surface area contributed by atoms with E-state index in [0.717, 1.165) is 4.47 Å². The number of aromatic nitrogens is 1. The first-order chi connectivity index (χ1) is 14.9. The second kappa shape index (κ2) is 8.53. The van der Waals surface area contributed by atoms with E-state index in [-0.39, 0.29) is 11.3 Å². The quantitative estimate of drug-likeness (QED) is 0.306. The number of ketones is 1. The Balaban J connectivity index is 1.95. The molecule has 4 rings (SSSR count). The lowest BCUT2D eigenvalue weighted by Gasteiger charge is -2.25. The van der Waals surface area contributed by atoms with Crippen molar-refractivity contribution in [3.05, 3.63) is 93.2 Å². The molecule has 1 unspecified atom stereocenters. The van der Waals surface area contributed by atoms with Crippen molar-refractivity contribution >= 4 is 50.7 Å². The highest BCUT2D eigenvalue weighted by molar-refractivity contribution is 9.10. The third-order valence-electron chi connectivity index (χ3n) is 4.96. The van der Waals surface area contributed by atoms with Crippen LogP contribution in [0, 0.1) is 0 Å². The van der Waals surface area contributed by atoms with Gasteiger partial charge in [-0.3, -0.25) is 19.5 Å². The Hall–Kier alpha value is -3.16. The number of nitrogens with zero attached hydrogens (tertiary/aromatic N) is 2. The summed E-state index contributed by atoms with van der Waals surface area (Å²) in [5, 5.41) is 11.5. The van der Waals surface area contributed by atoms with Crippen molar-refractivity contribution in [1.82, 2.24) is 4.98 Å². The van der Waals surface area contributed by atoms with E-state index < -0.39 is 17.7 Å². The highest BCUT2D eigenvalue weighted by atomic mass is 79.9. The van der Waals surface area contributed by atoms with Gasteiger partial charge in [0.15, 0.2) is 0 Å². The number of amides is 1. The van der Waals surface area contributed by atoms with Crippen LogP contribution in [0.25, 0.3) is 5.76 Å². The summed E-state index contributed by atoms with van der Waals surface area (Å²) in [7, 11) is 1.45. The Bertz CT molecular complexity index is 1210. The summed E-state index contributed by atoms with van der Waals surface area (Å²) in [4.78, 5) is 31.7. The van der Waals surface area contributed by atoms with Crippen LogP contribution in [-0.4, -0.2) is 28.9 Å². The zero-order chi connectivity index (χ0) is 22.1. The number of carbonyl (C=O) groups excluding carboxylic acids is 2. The zero-order valence-corrected chi connectivity index (χ0v) is 18.6. The van der Waals surface area contributed by atoms with E-state index in [0.29, 0.717) is 27.6 Å². The summed E-state index contributed by atoms with van der Waals surface area (Å²) in [6.07, 6.45) is 3.16. The van der Waals surface area contributed by atoms with Gasteiger partial charge in [0.05, 0.1) is 23.7 Å². The van der Waals surface area contributed by atoms with Gasteiger partial charge >= 0.3 is 0 Å². The van der Waals surface area contributed by atoms with Crippen molar-refractivity contribution in [2.45, 2.75) is 6.04 Å². The first kappa shape index (κ1) is 21.1. The number of aliphatic hydroxyl groups is 1. The fourth-order valence-corrected chi connectivity index (χ4v) is 4.12. The van der Waals surface area contributed by atoms with Crippen LogP contribution in [0.5, 0.6) is 5.75 Å². The minimum absolute atomic E-state index is 0.0395. The van der Waals surface area contributed by atoms with E-state index in [2.05, 4.69) is 20.9 Å². The number of carbonyl (C=O) groups is 2. The van der Waals surface area contributed by atoms with Crippen molar-refractivity contribution in [2.75, 3.05) is 12.0 Å². The van der Waals surface area contributed by atoms with Gasteiger partial charge in [0.25, 0.3) is 11.7 Å². The van der Waals surface area contributed by atoms with Crippen LogP contribution in [0.3, 0.4) is 0 Å². The maximum atomic E-state index is 13.1. The normalized spacial score (nSPS) is 17.8. The Morgan fingerprint density at radius 2 is 1.97 bits per heavy atom. The molecule has 31 heavy (non-hydrogen) atoms. The average molecular weight is 500 g/mol. The molecule has 0 spiro atoms. The molecule has 0 bridgehead atoms. The second-order valence-corrected chi connectivity index (χ2v) is 8.11. The predicted octanol–water partition coefficient (Wildman–Crippen LogP) is 5.13. The molecule has 2 heterocycles. The molecule has 0 aliphatic carbocycles. The third-order valence-corrected chi connectivity index (χ3v) is 5.76. The van der Waals surface area contributed by atoms with Gasteiger partial charge in [0.2, 0.25) is 0 Å². The highest BCUT2D eigenvalue weighted by Gasteiger charge is 2.47. The van der Waals surface area contributed by atoms with Crippen LogP contribution < -0.4 is 9.64 Å². The molecular formula is C23H16BrClN2O4. The molecule has 156 valence electrons. The Kier molecular flexibility index (Phi) is 5.80. The lowest BCUT2D eigenvalue weighted by Crippen LogP contribution is -2.29. The number of rotatable bonds is 4. The molecule has 0 saturated carbocycles. The summed E-state index contributed by atoms with van der Waals surface area (Å²) in [5.74, 6) is -1.51. The number of methoxy groups -OCH3 is 1. The lowest BCUT2D eigenvalue weighted by atomic mass is 9.96. The molecule has 0 radical (unpaired) electrons. The SMILES string of the molecule is COc1cc(/C(O)=C2\C(=O)C(=O)N(c3cccc(Br)c3)C2c2cccnc2)ccc1Cl. The van der Waals surface area contributed by atoms with Crippen molar-refractivity contribution in [1.29, 1.82) is 0 Å². The van der Waals surface area contributed by atoms with Crippen LogP contribution in [0.1, 0.15) is 17.2 Å². The van der Waals surface area contributed by atoms with Crippen LogP contribution >= 0.6 is 27.5 Å². The van der Waals surface area contributed by atoms with E-state index in [4.69, 9.17) is 16.3 Å². The van der Waals surface area contributed by atoms with Gasteiger partial charge in [-0.25, -0.2) is 0 Å². The molecule has 1 saturated heterocycles. The summed E-state index contributed by atoms with van der Waals surface area (Å²) in [6, 6.07) is 14.3. The van der Waals surface area contributed by atoms with Gasteiger partial charge < -0.3 is 9.84 Å². The number of Topliss-reactive ketones (excluding diaryl/α,β-unsaturated/α-hetero) is 1. The van der Waals surface area contributed by atoms with Crippen LogP contribution in [-0.2, 0) is 9.59 Å². The first-order valence-electron chi connectivity index (χ1n) is 9.22. The van der Waals surface area contributed by atoms with Crippen LogP contribution in [0.2, 0.25) is 5.02 Å². The number of halogens is 2. The molecule has 1 aliphatic rings. The van der Waals surface area contributed by atoms with E-state index in [9.17, 15) is 14.7 Å². The third kappa shape index (κ3) is 3.82. The van der Waals surface area contributed by atoms with Gasteiger partial charge in [-0.05, 0) is 48.0 Å². The molecule has 1 fully saturated rings. The number of hydrogen-bond acceptors (Lipinski definition) is 5. The summed E-state index contributed by atoms with van der Waals surface area (Å²) in [6.45, 7) is 0. The fraction of sp³-hybridized carbons (Fsp3) is 0.0870. The average Bonchev–Trinajstić information content (AvgIpc) is 3.05. The van der Waals surface area contributed by atoms with Crippen molar-refractivity contribution in [3.63, 3.8) is 0 Å². The monoisotopic (exact) mass is 498 g/mol. The van der Waals surface area contributed by atoms with Gasteiger partial charge in [0.1, 0.15) is 11.5 Å². The summed E-state index contributed by atoms with van der Waals surface area (Å²) >= 11 is 9.49. The summed E-state index contributed by atoms with van der Waals surface area (Å²) in [5.41, 5.74) is 1.37. The Labute approximate surface area is 191 Å². The first-order valence-corrected chi connectivity index (χ1v) is 10.4. The molecule has 1 aromatic heterocycles. The zero-order valence-electron chi connectivity index (χ0n) is 16.3. The molecule has 2 aromatic carbocycles. The molecule has 6 nitrogen and oxygen atoms in total. The van der Waals surface area contributed by atoms with E-state index in [1.165, 1.54) is 18.1 Å². The Morgan fingerprint density at radius 3 is 2.65 bits per heavy atom. The lowest BCUT2D eigenvalue weighted by molar-refractivity contribution is -0.132. The van der Waals surface area contributed by atoms with Gasteiger partial charge in [-0.2, -0.15) is 0 Å². The predicted molar refractivity (Wildman–Crippen MR) is 121 cm³/mol. The minimum Gasteiger partial charge on any atom is -0.507 e. The van der Waals surface area contributed by atoms with Gasteiger partial charge in [-0.1, -0.05) is 39.7 Å². The minimum atomic E-state index is -0.857. The molecule has 1 aliphatic heterocycles. The van der Waals surface area contributed by atoms with Crippen LogP contribution in [0.15, 0.2) is 77.0 Å². The molecule has 1 atom stereocenters. The van der Waals surface area contributed by atoms with Crippen molar-refractivity contribution in [3.8, 4) is 5.75 Å². The number of ether oxygens (including phenoxy) is 1. The summed E-state index contributed by atoms with van der Waals surface area (Å²) < 4.78 is 5.97. The second-order valence-electron chi connectivity index (χ2n) is 6.78. The maximum absolute atomic E-state index is 13.1. The van der Waals surface area contributed by atoms with Crippen LogP contribution in [0.4, 0.5) is 5.69 Å². The van der Waals surface area contributed by atoms with Gasteiger partial charge in [0, 0.05) is 28.1 Å². The number of hydrogen-bond donors (Lipinski definition) is 1. The van der Waals surface area contributed by atoms with E-state index in [1.807, 2.05) is 6.07 Å². The molecule has 3 aromatic rings. The Morgan fingerprint density at radius 1 is 1.16 bits per heavy atom. The number of pyridine rings is 1. The van der Waals surface area contributed by atoms with E-state index >= 15 is 0 Å². The number of anilines is 1. The van der Waals surface area contributed by atoms with E-state index in [1.54, 1.807) is 54.9 Å². The molecule has 1 amide bonds. The number of aliphatic hydroxyl groups excluding tert-OH is 1. The maximum Gasteiger partial charge on any atom is 0.300 e. The molecule has 8 heteroatoms. The molecule has 1 N–H and O–H groups in total. The molecular weight excluding hydrogens is 484 g/mol. The largest absolute Gasteiger partial charge is 0.507 e. The van der Waals surface area contributed by atoms with Gasteiger partial charge in [-0.15, -0.1) is 0 Å². The topological polar surface area (TPSA) is 79.7 Å². The highest BCUT2D eigenvalue weighted by Crippen LogP contribution is 2.42. The smallest absolute Gasteiger partial charge is 0.300 e. The number of benzene rings is 2. The fourth-order valence-electron chi connectivity index (χ4n) is 3.54.